The Hall–Kier alpha value is -2.88. The molecule has 1 amide bonds. The third-order valence-corrected chi connectivity index (χ3v) is 4.60. The maximum Gasteiger partial charge on any atom is 0.274 e. The maximum atomic E-state index is 13.0. The van der Waals surface area contributed by atoms with E-state index in [0.29, 0.717) is 11.6 Å². The Morgan fingerprint density at radius 3 is 2.56 bits per heavy atom. The summed E-state index contributed by atoms with van der Waals surface area (Å²) < 4.78 is 1.76. The van der Waals surface area contributed by atoms with Crippen LogP contribution in [0.2, 0.25) is 0 Å². The lowest BCUT2D eigenvalue weighted by Crippen LogP contribution is -2.17. The number of carbonyl (C=O) groups excluding carboxylic acids is 1. The minimum atomic E-state index is -0.128. The molecule has 2 aromatic carbocycles. The van der Waals surface area contributed by atoms with Crippen LogP contribution in [-0.4, -0.2) is 15.7 Å². The van der Waals surface area contributed by atoms with Crippen LogP contribution in [-0.2, 0) is 0 Å². The van der Waals surface area contributed by atoms with Crippen LogP contribution in [0.3, 0.4) is 0 Å². The quantitative estimate of drug-likeness (QED) is 0.758. The summed E-state index contributed by atoms with van der Waals surface area (Å²) in [6.07, 6.45) is 2.31. The number of hydrogen-bond donors (Lipinski definition) is 1. The van der Waals surface area contributed by atoms with Crippen LogP contribution in [0.4, 0.5) is 5.69 Å². The molecule has 1 aromatic heterocycles. The number of para-hydroxylation sites is 1. The van der Waals surface area contributed by atoms with E-state index in [2.05, 4.69) is 5.32 Å². The monoisotopic (exact) mass is 331 g/mol. The van der Waals surface area contributed by atoms with Gasteiger partial charge in [0.2, 0.25) is 0 Å². The van der Waals surface area contributed by atoms with Crippen LogP contribution in [0.15, 0.2) is 54.6 Å². The van der Waals surface area contributed by atoms with Gasteiger partial charge in [-0.25, -0.2) is 4.68 Å². The zero-order valence-electron chi connectivity index (χ0n) is 14.5. The largest absolute Gasteiger partial charge is 0.320 e. The second kappa shape index (κ2) is 6.20. The zero-order chi connectivity index (χ0) is 17.4. The van der Waals surface area contributed by atoms with Gasteiger partial charge in [0.25, 0.3) is 5.91 Å². The van der Waals surface area contributed by atoms with E-state index in [-0.39, 0.29) is 5.91 Å². The van der Waals surface area contributed by atoms with E-state index in [1.807, 2.05) is 68.4 Å². The Morgan fingerprint density at radius 2 is 1.84 bits per heavy atom. The lowest BCUT2D eigenvalue weighted by Gasteiger charge is -2.11. The van der Waals surface area contributed by atoms with Gasteiger partial charge in [-0.15, -0.1) is 0 Å². The predicted molar refractivity (Wildman–Crippen MR) is 99.4 cm³/mol. The number of anilines is 1. The minimum absolute atomic E-state index is 0.128. The molecule has 4 rings (SSSR count). The standard InChI is InChI=1S/C21H21N3O/c1-14-8-9-15(2)18(12-14)22-21(25)20-13-19(16-10-11-16)23-24(20)17-6-4-3-5-7-17/h3-9,12-13,16H,10-11H2,1-2H3,(H,22,25). The zero-order valence-corrected chi connectivity index (χ0v) is 14.5. The van der Waals surface area contributed by atoms with E-state index in [4.69, 9.17) is 5.10 Å². The van der Waals surface area contributed by atoms with Crippen molar-refractivity contribution in [1.82, 2.24) is 9.78 Å². The lowest BCUT2D eigenvalue weighted by atomic mass is 10.1. The van der Waals surface area contributed by atoms with Crippen molar-refractivity contribution in [3.63, 3.8) is 0 Å². The van der Waals surface area contributed by atoms with Crippen LogP contribution < -0.4 is 5.32 Å². The summed E-state index contributed by atoms with van der Waals surface area (Å²) in [5.74, 6) is 0.370. The molecule has 0 unspecified atom stereocenters. The first-order valence-corrected chi connectivity index (χ1v) is 8.66. The van der Waals surface area contributed by atoms with Gasteiger partial charge in [0.1, 0.15) is 5.69 Å². The van der Waals surface area contributed by atoms with Crippen molar-refractivity contribution < 1.29 is 4.79 Å². The number of carbonyl (C=O) groups is 1. The first-order chi connectivity index (χ1) is 12.1. The molecule has 0 aliphatic heterocycles. The number of aryl methyl sites for hydroxylation is 2. The number of nitrogens with zero attached hydrogens (tertiary/aromatic N) is 2. The Morgan fingerprint density at radius 1 is 1.08 bits per heavy atom. The van der Waals surface area contributed by atoms with Gasteiger partial charge < -0.3 is 5.32 Å². The van der Waals surface area contributed by atoms with Gasteiger partial charge in [-0.05, 0) is 62.1 Å². The summed E-state index contributed by atoms with van der Waals surface area (Å²) in [6.45, 7) is 4.02. The van der Waals surface area contributed by atoms with E-state index >= 15 is 0 Å². The first kappa shape index (κ1) is 15.6. The molecule has 4 heteroatoms. The molecule has 1 heterocycles. The van der Waals surface area contributed by atoms with Gasteiger partial charge in [-0.3, -0.25) is 4.79 Å². The number of rotatable bonds is 4. The van der Waals surface area contributed by atoms with Crippen molar-refractivity contribution >= 4 is 11.6 Å². The molecule has 1 aliphatic carbocycles. The third kappa shape index (κ3) is 3.20. The highest BCUT2D eigenvalue weighted by Gasteiger charge is 2.29. The second-order valence-corrected chi connectivity index (χ2v) is 6.75. The second-order valence-electron chi connectivity index (χ2n) is 6.75. The highest BCUT2D eigenvalue weighted by Crippen LogP contribution is 2.39. The average Bonchev–Trinajstić information content (AvgIpc) is 3.37. The molecule has 0 spiro atoms. The predicted octanol–water partition coefficient (Wildman–Crippen LogP) is 4.62. The van der Waals surface area contributed by atoms with Crippen molar-refractivity contribution in [2.75, 3.05) is 5.32 Å². The molecule has 4 nitrogen and oxygen atoms in total. The molecule has 0 radical (unpaired) electrons. The summed E-state index contributed by atoms with van der Waals surface area (Å²) in [4.78, 5) is 13.0. The molecule has 126 valence electrons. The molecular formula is C21H21N3O. The lowest BCUT2D eigenvalue weighted by molar-refractivity contribution is 0.101. The fourth-order valence-corrected chi connectivity index (χ4v) is 2.96. The fraction of sp³-hybridized carbons (Fsp3) is 0.238. The van der Waals surface area contributed by atoms with Crippen LogP contribution >= 0.6 is 0 Å². The highest BCUT2D eigenvalue weighted by molar-refractivity contribution is 6.04. The molecule has 1 N–H and O–H groups in total. The van der Waals surface area contributed by atoms with Gasteiger partial charge in [0.05, 0.1) is 11.4 Å². The third-order valence-electron chi connectivity index (χ3n) is 4.60. The summed E-state index contributed by atoms with van der Waals surface area (Å²) in [5, 5.41) is 7.75. The Labute approximate surface area is 147 Å². The Kier molecular flexibility index (Phi) is 3.88. The van der Waals surface area contributed by atoms with Crippen molar-refractivity contribution in [3.8, 4) is 5.69 Å². The van der Waals surface area contributed by atoms with E-state index in [0.717, 1.165) is 41.0 Å². The van der Waals surface area contributed by atoms with Gasteiger partial charge in [-0.1, -0.05) is 30.3 Å². The summed E-state index contributed by atoms with van der Waals surface area (Å²) >= 11 is 0. The van der Waals surface area contributed by atoms with Crippen molar-refractivity contribution in [2.45, 2.75) is 32.6 Å². The number of benzene rings is 2. The summed E-state index contributed by atoms with van der Waals surface area (Å²) in [5.41, 5.74) is 5.51. The minimum Gasteiger partial charge on any atom is -0.320 e. The van der Waals surface area contributed by atoms with Gasteiger partial charge in [0, 0.05) is 11.6 Å². The molecule has 1 fully saturated rings. The smallest absolute Gasteiger partial charge is 0.274 e. The van der Waals surface area contributed by atoms with Gasteiger partial charge in [-0.2, -0.15) is 5.10 Å². The molecular weight excluding hydrogens is 310 g/mol. The number of hydrogen-bond acceptors (Lipinski definition) is 2. The van der Waals surface area contributed by atoms with Crippen molar-refractivity contribution in [1.29, 1.82) is 0 Å². The van der Waals surface area contributed by atoms with E-state index in [1.165, 1.54) is 0 Å². The maximum absolute atomic E-state index is 13.0. The van der Waals surface area contributed by atoms with E-state index in [9.17, 15) is 4.79 Å². The summed E-state index contributed by atoms with van der Waals surface area (Å²) in [6, 6.07) is 17.8. The SMILES string of the molecule is Cc1ccc(C)c(NC(=O)c2cc(C3CC3)nn2-c2ccccc2)c1. The van der Waals surface area contributed by atoms with Crippen molar-refractivity contribution in [2.24, 2.45) is 0 Å². The van der Waals surface area contributed by atoms with Crippen LogP contribution in [0, 0.1) is 13.8 Å². The molecule has 25 heavy (non-hydrogen) atoms. The van der Waals surface area contributed by atoms with E-state index < -0.39 is 0 Å². The molecule has 3 aromatic rings. The van der Waals surface area contributed by atoms with Crippen molar-refractivity contribution in [3.05, 3.63) is 77.1 Å². The van der Waals surface area contributed by atoms with Gasteiger partial charge >= 0.3 is 0 Å². The topological polar surface area (TPSA) is 46.9 Å². The fourth-order valence-electron chi connectivity index (χ4n) is 2.96. The number of aromatic nitrogens is 2. The average molecular weight is 331 g/mol. The normalized spacial score (nSPS) is 13.7. The van der Waals surface area contributed by atoms with Crippen LogP contribution in [0.5, 0.6) is 0 Å². The molecule has 0 bridgehead atoms. The highest BCUT2D eigenvalue weighted by atomic mass is 16.2. The molecule has 1 aliphatic rings. The van der Waals surface area contributed by atoms with E-state index in [1.54, 1.807) is 4.68 Å². The number of nitrogens with one attached hydrogen (secondary N) is 1. The Bertz CT molecular complexity index is 924. The molecule has 0 saturated heterocycles. The van der Waals surface area contributed by atoms with Gasteiger partial charge in [0.15, 0.2) is 0 Å². The van der Waals surface area contributed by atoms with Crippen LogP contribution in [0.1, 0.15) is 46.1 Å². The molecule has 0 atom stereocenters. The molecule has 1 saturated carbocycles. The Balaban J connectivity index is 1.71. The summed E-state index contributed by atoms with van der Waals surface area (Å²) in [7, 11) is 0. The van der Waals surface area contributed by atoms with Crippen LogP contribution in [0.25, 0.3) is 5.69 Å². The number of amides is 1. The first-order valence-electron chi connectivity index (χ1n) is 8.66.